The maximum atomic E-state index is 13.9. The van der Waals surface area contributed by atoms with Gasteiger partial charge in [-0.25, -0.2) is 4.39 Å². The van der Waals surface area contributed by atoms with Crippen LogP contribution in [-0.4, -0.2) is 6.54 Å². The van der Waals surface area contributed by atoms with Gasteiger partial charge in [-0.15, -0.1) is 0 Å². The highest BCUT2D eigenvalue weighted by Crippen LogP contribution is 2.32. The van der Waals surface area contributed by atoms with Gasteiger partial charge in [-0.1, -0.05) is 19.9 Å². The Morgan fingerprint density at radius 3 is 2.33 bits per heavy atom. The fraction of sp³-hybridized carbons (Fsp3) is 0.538. The molecule has 2 N–H and O–H groups in total. The zero-order valence-electron chi connectivity index (χ0n) is 10.0. The SMILES string of the molecule is Cc1cc(C)c(C(C)(C)CCN)c(F)c1. The average Bonchev–Trinajstić information content (AvgIpc) is 1.99. The second kappa shape index (κ2) is 4.31. The van der Waals surface area contributed by atoms with Crippen molar-refractivity contribution >= 4 is 0 Å². The molecule has 0 atom stereocenters. The van der Waals surface area contributed by atoms with Crippen LogP contribution in [0.15, 0.2) is 12.1 Å². The molecule has 0 fully saturated rings. The monoisotopic (exact) mass is 209 g/mol. The number of hydrogen-bond donors (Lipinski definition) is 1. The highest BCUT2D eigenvalue weighted by molar-refractivity contribution is 5.37. The third-order valence-electron chi connectivity index (χ3n) is 2.88. The van der Waals surface area contributed by atoms with E-state index in [2.05, 4.69) is 0 Å². The van der Waals surface area contributed by atoms with Gasteiger partial charge in [-0.05, 0) is 55.0 Å². The molecule has 1 nitrogen and oxygen atoms in total. The van der Waals surface area contributed by atoms with E-state index >= 15 is 0 Å². The quantitative estimate of drug-likeness (QED) is 0.813. The lowest BCUT2D eigenvalue weighted by molar-refractivity contribution is 0.453. The summed E-state index contributed by atoms with van der Waals surface area (Å²) in [7, 11) is 0. The van der Waals surface area contributed by atoms with Gasteiger partial charge in [0, 0.05) is 0 Å². The van der Waals surface area contributed by atoms with Crippen LogP contribution in [0, 0.1) is 19.7 Å². The molecule has 0 amide bonds. The Hall–Kier alpha value is -0.890. The minimum atomic E-state index is -0.184. The lowest BCUT2D eigenvalue weighted by Crippen LogP contribution is -2.24. The van der Waals surface area contributed by atoms with Gasteiger partial charge in [-0.3, -0.25) is 0 Å². The molecule has 1 aromatic rings. The predicted molar refractivity (Wildman–Crippen MR) is 62.6 cm³/mol. The molecule has 0 heterocycles. The minimum Gasteiger partial charge on any atom is -0.330 e. The van der Waals surface area contributed by atoms with Crippen LogP contribution in [0.1, 0.15) is 37.0 Å². The zero-order valence-corrected chi connectivity index (χ0v) is 10.0. The van der Waals surface area contributed by atoms with E-state index in [0.29, 0.717) is 6.54 Å². The van der Waals surface area contributed by atoms with Crippen molar-refractivity contribution in [3.05, 3.63) is 34.6 Å². The van der Waals surface area contributed by atoms with E-state index in [9.17, 15) is 4.39 Å². The molecule has 1 rings (SSSR count). The Balaban J connectivity index is 3.24. The maximum absolute atomic E-state index is 13.9. The van der Waals surface area contributed by atoms with Gasteiger partial charge in [-0.2, -0.15) is 0 Å². The number of halogens is 1. The molecular formula is C13H20FN. The average molecular weight is 209 g/mol. The van der Waals surface area contributed by atoms with Crippen molar-refractivity contribution in [2.45, 2.75) is 39.5 Å². The zero-order chi connectivity index (χ0) is 11.6. The number of hydrogen-bond acceptors (Lipinski definition) is 1. The summed E-state index contributed by atoms with van der Waals surface area (Å²) < 4.78 is 13.9. The minimum absolute atomic E-state index is 0.106. The first-order valence-corrected chi connectivity index (χ1v) is 5.36. The van der Waals surface area contributed by atoms with Crippen molar-refractivity contribution < 1.29 is 4.39 Å². The standard InChI is InChI=1S/C13H20FN/c1-9-7-10(2)12(11(14)8-9)13(3,4)5-6-15/h7-8H,5-6,15H2,1-4H3. The van der Waals surface area contributed by atoms with Gasteiger partial charge < -0.3 is 5.73 Å². The van der Waals surface area contributed by atoms with E-state index < -0.39 is 0 Å². The summed E-state index contributed by atoms with van der Waals surface area (Å²) >= 11 is 0. The van der Waals surface area contributed by atoms with Crippen LogP contribution in [0.4, 0.5) is 4.39 Å². The molecule has 0 saturated carbocycles. The summed E-state index contributed by atoms with van der Waals surface area (Å²) in [5.41, 5.74) is 8.17. The molecule has 0 bridgehead atoms. The molecule has 0 aromatic heterocycles. The van der Waals surface area contributed by atoms with Crippen LogP contribution in [0.5, 0.6) is 0 Å². The Labute approximate surface area is 91.5 Å². The molecule has 0 unspecified atom stereocenters. The summed E-state index contributed by atoms with van der Waals surface area (Å²) in [6.45, 7) is 8.54. The first-order valence-electron chi connectivity index (χ1n) is 5.36. The van der Waals surface area contributed by atoms with Crippen LogP contribution in [0.3, 0.4) is 0 Å². The topological polar surface area (TPSA) is 26.0 Å². The molecule has 1 aromatic carbocycles. The van der Waals surface area contributed by atoms with E-state index in [1.54, 1.807) is 6.07 Å². The van der Waals surface area contributed by atoms with Crippen molar-refractivity contribution in [3.8, 4) is 0 Å². The number of benzene rings is 1. The van der Waals surface area contributed by atoms with Crippen LogP contribution in [0.25, 0.3) is 0 Å². The second-order valence-electron chi connectivity index (χ2n) is 4.86. The lowest BCUT2D eigenvalue weighted by atomic mass is 9.78. The fourth-order valence-electron chi connectivity index (χ4n) is 2.26. The van der Waals surface area contributed by atoms with Gasteiger partial charge in [0.25, 0.3) is 0 Å². The normalized spacial score (nSPS) is 11.9. The molecule has 0 aliphatic heterocycles. The van der Waals surface area contributed by atoms with Gasteiger partial charge in [0.05, 0.1) is 0 Å². The number of aryl methyl sites for hydroxylation is 2. The van der Waals surface area contributed by atoms with Gasteiger partial charge in [0.2, 0.25) is 0 Å². The molecule has 0 aliphatic rings. The van der Waals surface area contributed by atoms with E-state index in [-0.39, 0.29) is 11.2 Å². The summed E-state index contributed by atoms with van der Waals surface area (Å²) in [4.78, 5) is 0. The Morgan fingerprint density at radius 1 is 1.27 bits per heavy atom. The van der Waals surface area contributed by atoms with Crippen molar-refractivity contribution in [2.24, 2.45) is 5.73 Å². The Kier molecular flexibility index (Phi) is 3.50. The van der Waals surface area contributed by atoms with Gasteiger partial charge in [0.1, 0.15) is 5.82 Å². The molecular weight excluding hydrogens is 189 g/mol. The summed E-state index contributed by atoms with van der Waals surface area (Å²) in [6.07, 6.45) is 0.799. The van der Waals surface area contributed by atoms with Crippen molar-refractivity contribution in [1.29, 1.82) is 0 Å². The molecule has 84 valence electrons. The molecule has 2 heteroatoms. The largest absolute Gasteiger partial charge is 0.330 e. The van der Waals surface area contributed by atoms with Crippen LogP contribution in [-0.2, 0) is 5.41 Å². The van der Waals surface area contributed by atoms with E-state index in [0.717, 1.165) is 23.1 Å². The highest BCUT2D eigenvalue weighted by atomic mass is 19.1. The molecule has 0 saturated heterocycles. The maximum Gasteiger partial charge on any atom is 0.127 e. The summed E-state index contributed by atoms with van der Waals surface area (Å²) in [5, 5.41) is 0. The lowest BCUT2D eigenvalue weighted by Gasteiger charge is -2.27. The third-order valence-corrected chi connectivity index (χ3v) is 2.88. The van der Waals surface area contributed by atoms with Crippen molar-refractivity contribution in [2.75, 3.05) is 6.54 Å². The third kappa shape index (κ3) is 2.57. The van der Waals surface area contributed by atoms with Gasteiger partial charge >= 0.3 is 0 Å². The van der Waals surface area contributed by atoms with Crippen molar-refractivity contribution in [3.63, 3.8) is 0 Å². The Bertz CT molecular complexity index is 333. The molecule has 0 aliphatic carbocycles. The van der Waals surface area contributed by atoms with E-state index in [1.165, 1.54) is 0 Å². The van der Waals surface area contributed by atoms with Crippen LogP contribution >= 0.6 is 0 Å². The smallest absolute Gasteiger partial charge is 0.127 e. The molecule has 0 spiro atoms. The second-order valence-corrected chi connectivity index (χ2v) is 4.86. The summed E-state index contributed by atoms with van der Waals surface area (Å²) in [5.74, 6) is -0.106. The number of rotatable bonds is 3. The number of nitrogens with two attached hydrogens (primary N) is 1. The fourth-order valence-corrected chi connectivity index (χ4v) is 2.26. The van der Waals surface area contributed by atoms with Crippen LogP contribution in [0.2, 0.25) is 0 Å². The van der Waals surface area contributed by atoms with Crippen molar-refractivity contribution in [1.82, 2.24) is 0 Å². The first kappa shape index (κ1) is 12.2. The molecule has 15 heavy (non-hydrogen) atoms. The highest BCUT2D eigenvalue weighted by Gasteiger charge is 2.25. The van der Waals surface area contributed by atoms with Crippen LogP contribution < -0.4 is 5.73 Å². The predicted octanol–water partition coefficient (Wildman–Crippen LogP) is 3.07. The Morgan fingerprint density at radius 2 is 1.87 bits per heavy atom. The van der Waals surface area contributed by atoms with Gasteiger partial charge in [0.15, 0.2) is 0 Å². The van der Waals surface area contributed by atoms with E-state index in [4.69, 9.17) is 5.73 Å². The summed E-state index contributed by atoms with van der Waals surface area (Å²) in [6, 6.07) is 3.62. The first-order chi connectivity index (χ1) is 6.88. The van der Waals surface area contributed by atoms with E-state index in [1.807, 2.05) is 33.8 Å². The molecule has 0 radical (unpaired) electrons.